The molecule has 10 heteroatoms. The monoisotopic (exact) mass is 402 g/mol. The summed E-state index contributed by atoms with van der Waals surface area (Å²) < 4.78 is 6.53. The second-order valence-electron chi connectivity index (χ2n) is 4.87. The number of thioether (sulfide) groups is 1. The summed E-state index contributed by atoms with van der Waals surface area (Å²) in [5, 5.41) is 11.8. The van der Waals surface area contributed by atoms with Crippen LogP contribution in [0.1, 0.15) is 12.7 Å². The summed E-state index contributed by atoms with van der Waals surface area (Å²) in [6, 6.07) is 4.97. The summed E-state index contributed by atoms with van der Waals surface area (Å²) in [5.74, 6) is -0.0986. The molecular formula is C15H16Cl2N4O3S. The zero-order chi connectivity index (χ0) is 18.4. The average molecular weight is 403 g/mol. The molecule has 1 aromatic heterocycles. The number of ether oxygens (including phenoxy) is 1. The predicted octanol–water partition coefficient (Wildman–Crippen LogP) is 2.96. The van der Waals surface area contributed by atoms with Crippen LogP contribution in [-0.2, 0) is 27.8 Å². The van der Waals surface area contributed by atoms with E-state index in [-0.39, 0.29) is 24.1 Å². The van der Waals surface area contributed by atoms with Crippen molar-refractivity contribution in [1.29, 1.82) is 0 Å². The molecule has 0 aliphatic heterocycles. The molecule has 25 heavy (non-hydrogen) atoms. The normalized spacial score (nSPS) is 10.6. The second-order valence-corrected chi connectivity index (χ2v) is 6.63. The molecular weight excluding hydrogens is 387 g/mol. The lowest BCUT2D eigenvalue weighted by Gasteiger charge is -2.08. The molecule has 0 fully saturated rings. The lowest BCUT2D eigenvalue weighted by molar-refractivity contribution is -0.142. The zero-order valence-electron chi connectivity index (χ0n) is 13.6. The highest BCUT2D eigenvalue weighted by Gasteiger charge is 2.16. The quantitative estimate of drug-likeness (QED) is 0.565. The fourth-order valence-electron chi connectivity index (χ4n) is 1.89. The summed E-state index contributed by atoms with van der Waals surface area (Å²) in [6.07, 6.45) is 0.0271. The smallest absolute Gasteiger partial charge is 0.313 e. The first-order valence-electron chi connectivity index (χ1n) is 7.33. The first-order valence-corrected chi connectivity index (χ1v) is 9.07. The lowest BCUT2D eigenvalue weighted by atomic mass is 10.3. The Balaban J connectivity index is 1.94. The summed E-state index contributed by atoms with van der Waals surface area (Å²) >= 11 is 13.2. The third kappa shape index (κ3) is 5.35. The fraction of sp³-hybridized carbons (Fsp3) is 0.333. The van der Waals surface area contributed by atoms with Gasteiger partial charge in [0.2, 0.25) is 5.91 Å². The van der Waals surface area contributed by atoms with Gasteiger partial charge in [0.25, 0.3) is 0 Å². The Hall–Kier alpha value is -1.77. The number of para-hydroxylation sites is 1. The molecule has 0 aliphatic carbocycles. The number of nitrogens with one attached hydrogen (secondary N) is 1. The first kappa shape index (κ1) is 19.6. The van der Waals surface area contributed by atoms with Crippen molar-refractivity contribution in [2.75, 3.05) is 17.7 Å². The number of anilines is 1. The van der Waals surface area contributed by atoms with Crippen LogP contribution < -0.4 is 5.32 Å². The molecule has 1 N–H and O–H groups in total. The van der Waals surface area contributed by atoms with Crippen LogP contribution in [0.15, 0.2) is 23.4 Å². The average Bonchev–Trinajstić information content (AvgIpc) is 2.90. The number of halogens is 2. The van der Waals surface area contributed by atoms with Gasteiger partial charge in [-0.25, -0.2) is 0 Å². The number of nitrogens with zero attached hydrogens (tertiary/aromatic N) is 3. The molecule has 1 aromatic carbocycles. The van der Waals surface area contributed by atoms with E-state index in [2.05, 4.69) is 15.5 Å². The maximum absolute atomic E-state index is 12.1. The fourth-order valence-corrected chi connectivity index (χ4v) is 3.11. The Labute approximate surface area is 159 Å². The van der Waals surface area contributed by atoms with Crippen LogP contribution in [0.25, 0.3) is 0 Å². The van der Waals surface area contributed by atoms with E-state index in [9.17, 15) is 9.59 Å². The zero-order valence-corrected chi connectivity index (χ0v) is 15.9. The Kier molecular flexibility index (Phi) is 7.10. The summed E-state index contributed by atoms with van der Waals surface area (Å²) in [6.45, 7) is 2.04. The third-order valence-electron chi connectivity index (χ3n) is 3.09. The number of rotatable bonds is 7. The lowest BCUT2D eigenvalue weighted by Crippen LogP contribution is -2.15. The van der Waals surface area contributed by atoms with Gasteiger partial charge in [-0.05, 0) is 19.1 Å². The van der Waals surface area contributed by atoms with E-state index >= 15 is 0 Å². The van der Waals surface area contributed by atoms with Crippen LogP contribution in [0.5, 0.6) is 0 Å². The Morgan fingerprint density at radius 1 is 1.28 bits per heavy atom. The van der Waals surface area contributed by atoms with E-state index in [0.717, 1.165) is 0 Å². The predicted molar refractivity (Wildman–Crippen MR) is 97.2 cm³/mol. The highest BCUT2D eigenvalue weighted by Crippen LogP contribution is 2.30. The van der Waals surface area contributed by atoms with Gasteiger partial charge >= 0.3 is 5.97 Å². The minimum atomic E-state index is -0.374. The molecule has 0 bridgehead atoms. The number of esters is 1. The van der Waals surface area contributed by atoms with Gasteiger partial charge in [-0.1, -0.05) is 41.0 Å². The molecule has 1 amide bonds. The molecule has 1 heterocycles. The topological polar surface area (TPSA) is 86.1 Å². The maximum atomic E-state index is 12.1. The molecule has 0 saturated carbocycles. The minimum absolute atomic E-state index is 0.0271. The summed E-state index contributed by atoms with van der Waals surface area (Å²) in [4.78, 5) is 23.6. The molecule has 0 aliphatic rings. The van der Waals surface area contributed by atoms with Crippen molar-refractivity contribution in [3.63, 3.8) is 0 Å². The van der Waals surface area contributed by atoms with Crippen LogP contribution >= 0.6 is 35.0 Å². The van der Waals surface area contributed by atoms with E-state index < -0.39 is 0 Å². The van der Waals surface area contributed by atoms with Gasteiger partial charge in [-0.2, -0.15) is 0 Å². The molecule has 0 saturated heterocycles. The third-order valence-corrected chi connectivity index (χ3v) is 4.74. The first-order chi connectivity index (χ1) is 11.9. The van der Waals surface area contributed by atoms with Crippen molar-refractivity contribution < 1.29 is 14.3 Å². The number of carbonyl (C=O) groups excluding carboxylic acids is 2. The number of hydrogen-bond donors (Lipinski definition) is 1. The molecule has 7 nitrogen and oxygen atoms in total. The van der Waals surface area contributed by atoms with Gasteiger partial charge in [0.05, 0.1) is 28.1 Å². The van der Waals surface area contributed by atoms with Crippen molar-refractivity contribution >= 4 is 52.5 Å². The highest BCUT2D eigenvalue weighted by atomic mass is 35.5. The second kappa shape index (κ2) is 9.07. The largest absolute Gasteiger partial charge is 0.466 e. The van der Waals surface area contributed by atoms with Gasteiger partial charge in [0.15, 0.2) is 5.16 Å². The van der Waals surface area contributed by atoms with Gasteiger partial charge < -0.3 is 14.6 Å². The van der Waals surface area contributed by atoms with Crippen molar-refractivity contribution in [3.8, 4) is 0 Å². The van der Waals surface area contributed by atoms with E-state index in [4.69, 9.17) is 27.9 Å². The van der Waals surface area contributed by atoms with E-state index in [1.54, 1.807) is 36.7 Å². The molecule has 2 rings (SSSR count). The molecule has 0 atom stereocenters. The summed E-state index contributed by atoms with van der Waals surface area (Å²) in [5.41, 5.74) is 0.373. The van der Waals surface area contributed by atoms with Gasteiger partial charge in [0, 0.05) is 7.05 Å². The van der Waals surface area contributed by atoms with Crippen molar-refractivity contribution in [2.45, 2.75) is 18.5 Å². The van der Waals surface area contributed by atoms with Crippen molar-refractivity contribution in [1.82, 2.24) is 14.8 Å². The number of benzene rings is 1. The molecule has 0 spiro atoms. The van der Waals surface area contributed by atoms with E-state index in [1.165, 1.54) is 11.8 Å². The number of carbonyl (C=O) groups is 2. The van der Waals surface area contributed by atoms with Crippen LogP contribution in [-0.4, -0.2) is 39.0 Å². The number of amides is 1. The number of aromatic nitrogens is 3. The van der Waals surface area contributed by atoms with Gasteiger partial charge in [-0.15, -0.1) is 10.2 Å². The van der Waals surface area contributed by atoms with Crippen molar-refractivity contribution in [3.05, 3.63) is 34.1 Å². The maximum Gasteiger partial charge on any atom is 0.313 e. The molecule has 2 aromatic rings. The Bertz CT molecular complexity index is 762. The van der Waals surface area contributed by atoms with Crippen molar-refractivity contribution in [2.24, 2.45) is 7.05 Å². The van der Waals surface area contributed by atoms with E-state index in [0.29, 0.717) is 33.3 Å². The molecule has 0 unspecified atom stereocenters. The van der Waals surface area contributed by atoms with Crippen LogP contribution in [0, 0.1) is 0 Å². The van der Waals surface area contributed by atoms with Crippen LogP contribution in [0.3, 0.4) is 0 Å². The standard InChI is InChI=1S/C15H16Cl2N4O3S/c1-3-24-13(23)7-11-19-20-15(21(11)2)25-8-12(22)18-14-9(16)5-4-6-10(14)17/h4-6H,3,7-8H2,1-2H3,(H,18,22). The summed E-state index contributed by atoms with van der Waals surface area (Å²) in [7, 11) is 1.72. The Morgan fingerprint density at radius 2 is 1.96 bits per heavy atom. The SMILES string of the molecule is CCOC(=O)Cc1nnc(SCC(=O)Nc2c(Cl)cccc2Cl)n1C. The van der Waals surface area contributed by atoms with Gasteiger partial charge in [-0.3, -0.25) is 9.59 Å². The molecule has 0 radical (unpaired) electrons. The van der Waals surface area contributed by atoms with Crippen LogP contribution in [0.4, 0.5) is 5.69 Å². The minimum Gasteiger partial charge on any atom is -0.466 e. The van der Waals surface area contributed by atoms with Crippen LogP contribution in [0.2, 0.25) is 10.0 Å². The van der Waals surface area contributed by atoms with Gasteiger partial charge in [0.1, 0.15) is 12.2 Å². The highest BCUT2D eigenvalue weighted by molar-refractivity contribution is 7.99. The Morgan fingerprint density at radius 3 is 2.60 bits per heavy atom. The number of hydrogen-bond acceptors (Lipinski definition) is 6. The molecule has 134 valence electrons. The van der Waals surface area contributed by atoms with E-state index in [1.807, 2.05) is 0 Å².